The number of nitrogens with one attached hydrogen (secondary N) is 1. The molecule has 3 N–H and O–H groups in total. The predicted octanol–water partition coefficient (Wildman–Crippen LogP) is 0.755. The minimum absolute atomic E-state index is 0.0130. The van der Waals surface area contributed by atoms with E-state index in [9.17, 15) is 4.79 Å². The third-order valence-corrected chi connectivity index (χ3v) is 2.42. The standard InChI is InChI=1S/C11H14N4O/c1-13-11(16)4-5-15-7-8-6-9(12)2-3-10(8)14-15/h2-3,6-7H,4-5,12H2,1H3,(H,13,16). The molecule has 0 spiro atoms. The van der Waals surface area contributed by atoms with Crippen LogP contribution >= 0.6 is 0 Å². The highest BCUT2D eigenvalue weighted by Crippen LogP contribution is 2.15. The molecule has 1 heterocycles. The van der Waals surface area contributed by atoms with Crippen molar-refractivity contribution in [1.82, 2.24) is 15.1 Å². The van der Waals surface area contributed by atoms with Crippen LogP contribution in [0.25, 0.3) is 10.9 Å². The molecule has 0 unspecified atom stereocenters. The van der Waals surface area contributed by atoms with Gasteiger partial charge in [-0.25, -0.2) is 0 Å². The first-order valence-corrected chi connectivity index (χ1v) is 5.12. The Morgan fingerprint density at radius 3 is 3.12 bits per heavy atom. The van der Waals surface area contributed by atoms with Crippen molar-refractivity contribution in [1.29, 1.82) is 0 Å². The molecule has 1 aromatic carbocycles. The molecule has 0 atom stereocenters. The van der Waals surface area contributed by atoms with Gasteiger partial charge in [-0.3, -0.25) is 9.48 Å². The maximum absolute atomic E-state index is 11.1. The van der Waals surface area contributed by atoms with Gasteiger partial charge in [0.25, 0.3) is 0 Å². The number of nitrogen functional groups attached to an aromatic ring is 1. The fourth-order valence-corrected chi connectivity index (χ4v) is 1.55. The molecule has 5 heteroatoms. The lowest BCUT2D eigenvalue weighted by Gasteiger charge is -1.99. The van der Waals surface area contributed by atoms with Crippen LogP contribution in [0.5, 0.6) is 0 Å². The van der Waals surface area contributed by atoms with E-state index >= 15 is 0 Å². The monoisotopic (exact) mass is 218 g/mol. The van der Waals surface area contributed by atoms with Crippen LogP contribution in [0.15, 0.2) is 24.4 Å². The summed E-state index contributed by atoms with van der Waals surface area (Å²) in [5.41, 5.74) is 7.29. The van der Waals surface area contributed by atoms with Gasteiger partial charge in [0.2, 0.25) is 5.91 Å². The zero-order valence-corrected chi connectivity index (χ0v) is 9.10. The average Bonchev–Trinajstić information content (AvgIpc) is 2.67. The van der Waals surface area contributed by atoms with Crippen molar-refractivity contribution in [2.24, 2.45) is 0 Å². The molecular formula is C11H14N4O. The third kappa shape index (κ3) is 2.13. The van der Waals surface area contributed by atoms with Gasteiger partial charge in [0.1, 0.15) is 0 Å². The summed E-state index contributed by atoms with van der Waals surface area (Å²) in [5.74, 6) is 0.0130. The number of anilines is 1. The summed E-state index contributed by atoms with van der Waals surface area (Å²) in [5, 5.41) is 7.92. The van der Waals surface area contributed by atoms with E-state index in [0.717, 1.165) is 16.6 Å². The second kappa shape index (κ2) is 4.22. The number of aromatic nitrogens is 2. The van der Waals surface area contributed by atoms with E-state index in [0.29, 0.717) is 13.0 Å². The first-order chi connectivity index (χ1) is 7.69. The number of aryl methyl sites for hydroxylation is 1. The van der Waals surface area contributed by atoms with Gasteiger partial charge in [-0.15, -0.1) is 0 Å². The maximum Gasteiger partial charge on any atom is 0.221 e. The van der Waals surface area contributed by atoms with Crippen LogP contribution in [0.2, 0.25) is 0 Å². The maximum atomic E-state index is 11.1. The van der Waals surface area contributed by atoms with Crippen molar-refractivity contribution in [3.05, 3.63) is 24.4 Å². The van der Waals surface area contributed by atoms with Crippen LogP contribution < -0.4 is 11.1 Å². The molecule has 0 fully saturated rings. The number of hydrogen-bond acceptors (Lipinski definition) is 3. The molecule has 2 aromatic rings. The number of carbonyl (C=O) groups is 1. The zero-order chi connectivity index (χ0) is 11.5. The Labute approximate surface area is 93.2 Å². The molecule has 1 aromatic heterocycles. The highest BCUT2D eigenvalue weighted by Gasteiger charge is 2.03. The van der Waals surface area contributed by atoms with Crippen molar-refractivity contribution in [2.75, 3.05) is 12.8 Å². The highest BCUT2D eigenvalue weighted by molar-refractivity contribution is 5.81. The van der Waals surface area contributed by atoms with Gasteiger partial charge in [-0.1, -0.05) is 0 Å². The van der Waals surface area contributed by atoms with E-state index in [1.165, 1.54) is 0 Å². The number of fused-ring (bicyclic) bond motifs is 1. The molecule has 0 aliphatic carbocycles. The number of carbonyl (C=O) groups excluding carboxylic acids is 1. The van der Waals surface area contributed by atoms with Gasteiger partial charge in [-0.2, -0.15) is 5.10 Å². The van der Waals surface area contributed by atoms with E-state index in [1.54, 1.807) is 11.7 Å². The summed E-state index contributed by atoms with van der Waals surface area (Å²) < 4.78 is 1.76. The van der Waals surface area contributed by atoms with Crippen LogP contribution in [0.3, 0.4) is 0 Å². The number of rotatable bonds is 3. The Kier molecular flexibility index (Phi) is 2.76. The van der Waals surface area contributed by atoms with Crippen LogP contribution in [0.1, 0.15) is 6.42 Å². The normalized spacial score (nSPS) is 10.6. The van der Waals surface area contributed by atoms with Gasteiger partial charge >= 0.3 is 0 Å². The van der Waals surface area contributed by atoms with E-state index in [4.69, 9.17) is 5.73 Å². The number of hydrogen-bond donors (Lipinski definition) is 2. The number of amides is 1. The summed E-state index contributed by atoms with van der Waals surface area (Å²) in [4.78, 5) is 11.1. The van der Waals surface area contributed by atoms with E-state index in [-0.39, 0.29) is 5.91 Å². The van der Waals surface area contributed by atoms with E-state index in [1.807, 2.05) is 24.4 Å². The molecule has 2 rings (SSSR count). The molecule has 0 saturated carbocycles. The van der Waals surface area contributed by atoms with Gasteiger partial charge in [0.15, 0.2) is 0 Å². The van der Waals surface area contributed by atoms with Gasteiger partial charge in [0.05, 0.1) is 5.52 Å². The highest BCUT2D eigenvalue weighted by atomic mass is 16.1. The molecule has 1 amide bonds. The average molecular weight is 218 g/mol. The third-order valence-electron chi connectivity index (χ3n) is 2.42. The lowest BCUT2D eigenvalue weighted by atomic mass is 10.2. The fraction of sp³-hybridized carbons (Fsp3) is 0.273. The SMILES string of the molecule is CNC(=O)CCn1cc2cc(N)ccc2n1. The molecule has 0 radical (unpaired) electrons. The van der Waals surface area contributed by atoms with Crippen LogP contribution in [-0.2, 0) is 11.3 Å². The molecule has 0 bridgehead atoms. The minimum atomic E-state index is 0.0130. The summed E-state index contributed by atoms with van der Waals surface area (Å²) in [6.07, 6.45) is 2.33. The quantitative estimate of drug-likeness (QED) is 0.747. The van der Waals surface area contributed by atoms with E-state index in [2.05, 4.69) is 10.4 Å². The van der Waals surface area contributed by atoms with Gasteiger partial charge in [0, 0.05) is 37.3 Å². The largest absolute Gasteiger partial charge is 0.399 e. The topological polar surface area (TPSA) is 72.9 Å². The summed E-state index contributed by atoms with van der Waals surface area (Å²) in [6.45, 7) is 0.578. The molecular weight excluding hydrogens is 204 g/mol. The number of nitrogens with zero attached hydrogens (tertiary/aromatic N) is 2. The second-order valence-electron chi connectivity index (χ2n) is 3.63. The molecule has 0 aliphatic heterocycles. The molecule has 16 heavy (non-hydrogen) atoms. The smallest absolute Gasteiger partial charge is 0.221 e. The Hall–Kier alpha value is -2.04. The summed E-state index contributed by atoms with van der Waals surface area (Å²) in [6, 6.07) is 5.57. The van der Waals surface area contributed by atoms with Crippen LogP contribution in [0.4, 0.5) is 5.69 Å². The summed E-state index contributed by atoms with van der Waals surface area (Å²) >= 11 is 0. The van der Waals surface area contributed by atoms with Crippen molar-refractivity contribution in [3.8, 4) is 0 Å². The minimum Gasteiger partial charge on any atom is -0.399 e. The number of benzene rings is 1. The lowest BCUT2D eigenvalue weighted by Crippen LogP contribution is -2.19. The Morgan fingerprint density at radius 1 is 1.56 bits per heavy atom. The van der Waals surface area contributed by atoms with Crippen molar-refractivity contribution in [3.63, 3.8) is 0 Å². The number of nitrogens with two attached hydrogens (primary N) is 1. The molecule has 84 valence electrons. The lowest BCUT2D eigenvalue weighted by molar-refractivity contribution is -0.120. The second-order valence-corrected chi connectivity index (χ2v) is 3.63. The van der Waals surface area contributed by atoms with Crippen LogP contribution in [-0.4, -0.2) is 22.7 Å². The zero-order valence-electron chi connectivity index (χ0n) is 9.10. The van der Waals surface area contributed by atoms with Gasteiger partial charge in [-0.05, 0) is 18.2 Å². The first-order valence-electron chi connectivity index (χ1n) is 5.12. The first kappa shape index (κ1) is 10.5. The van der Waals surface area contributed by atoms with Crippen molar-refractivity contribution in [2.45, 2.75) is 13.0 Å². The Morgan fingerprint density at radius 2 is 2.38 bits per heavy atom. The van der Waals surface area contributed by atoms with E-state index < -0.39 is 0 Å². The van der Waals surface area contributed by atoms with Crippen LogP contribution in [0, 0.1) is 0 Å². The van der Waals surface area contributed by atoms with Crippen molar-refractivity contribution >= 4 is 22.5 Å². The molecule has 0 saturated heterocycles. The predicted molar refractivity (Wildman–Crippen MR) is 62.8 cm³/mol. The Bertz CT molecular complexity index is 518. The Balaban J connectivity index is 2.16. The van der Waals surface area contributed by atoms with Crippen molar-refractivity contribution < 1.29 is 4.79 Å². The molecule has 5 nitrogen and oxygen atoms in total. The fourth-order valence-electron chi connectivity index (χ4n) is 1.55. The summed E-state index contributed by atoms with van der Waals surface area (Å²) in [7, 11) is 1.63. The molecule has 0 aliphatic rings. The van der Waals surface area contributed by atoms with Gasteiger partial charge < -0.3 is 11.1 Å².